The summed E-state index contributed by atoms with van der Waals surface area (Å²) in [4.78, 5) is 0. The number of alkyl halides is 2. The topological polar surface area (TPSA) is 21.3 Å². The van der Waals surface area contributed by atoms with Crippen molar-refractivity contribution in [3.05, 3.63) is 0 Å². The molecular formula is C11H20ClF2NO. The minimum Gasteiger partial charge on any atom is -0.381 e. The minimum atomic E-state index is -2.43. The van der Waals surface area contributed by atoms with Crippen LogP contribution in [0.4, 0.5) is 8.78 Å². The van der Waals surface area contributed by atoms with Gasteiger partial charge in [0.1, 0.15) is 0 Å². The summed E-state index contributed by atoms with van der Waals surface area (Å²) < 4.78 is 30.2. The first-order valence-corrected chi connectivity index (χ1v) is 5.87. The molecule has 0 radical (unpaired) electrons. The van der Waals surface area contributed by atoms with Gasteiger partial charge >= 0.3 is 0 Å². The zero-order valence-corrected chi connectivity index (χ0v) is 10.2. The van der Waals surface area contributed by atoms with Crippen molar-refractivity contribution < 1.29 is 13.5 Å². The van der Waals surface area contributed by atoms with Crippen molar-refractivity contribution in [1.29, 1.82) is 0 Å². The van der Waals surface area contributed by atoms with Crippen LogP contribution in [0.1, 0.15) is 32.1 Å². The van der Waals surface area contributed by atoms with E-state index in [-0.39, 0.29) is 25.4 Å². The van der Waals surface area contributed by atoms with Crippen LogP contribution in [-0.4, -0.2) is 31.7 Å². The van der Waals surface area contributed by atoms with E-state index in [2.05, 4.69) is 5.32 Å². The fourth-order valence-corrected chi connectivity index (χ4v) is 2.07. The van der Waals surface area contributed by atoms with Gasteiger partial charge in [0.15, 0.2) is 0 Å². The summed E-state index contributed by atoms with van der Waals surface area (Å²) in [6.07, 6.45) is 4.71. The Morgan fingerprint density at radius 1 is 1.31 bits per heavy atom. The van der Waals surface area contributed by atoms with E-state index in [0.29, 0.717) is 12.6 Å². The molecule has 0 aromatic rings. The van der Waals surface area contributed by atoms with Crippen molar-refractivity contribution in [3.8, 4) is 0 Å². The Labute approximate surface area is 102 Å². The summed E-state index contributed by atoms with van der Waals surface area (Å²) in [5.41, 5.74) is 0. The molecule has 0 bridgehead atoms. The maximum Gasteiger partial charge on any atom is 0.253 e. The van der Waals surface area contributed by atoms with Crippen molar-refractivity contribution >= 4 is 12.4 Å². The molecule has 0 aromatic heterocycles. The van der Waals surface area contributed by atoms with Crippen molar-refractivity contribution in [2.75, 3.05) is 19.8 Å². The number of piperidine rings is 1. The Bertz CT molecular complexity index is 210. The molecule has 1 saturated carbocycles. The average Bonchev–Trinajstić information content (AvgIpc) is 2.83. The van der Waals surface area contributed by atoms with Gasteiger partial charge in [-0.15, -0.1) is 12.4 Å². The standard InChI is InChI=1S/C11H19F2NO.ClH/c12-11(13)7-9(11)8-15-6-4-10-3-1-2-5-14-10;/h9-10,14H,1-8H2;1H. The van der Waals surface area contributed by atoms with Gasteiger partial charge in [-0.25, -0.2) is 8.78 Å². The summed E-state index contributed by atoms with van der Waals surface area (Å²) in [6.45, 7) is 1.94. The van der Waals surface area contributed by atoms with Gasteiger partial charge in [0.05, 0.1) is 12.5 Å². The lowest BCUT2D eigenvalue weighted by Gasteiger charge is -2.23. The van der Waals surface area contributed by atoms with Crippen LogP contribution in [-0.2, 0) is 4.74 Å². The quantitative estimate of drug-likeness (QED) is 0.763. The Kier molecular flexibility index (Phi) is 5.41. The molecule has 96 valence electrons. The predicted octanol–water partition coefficient (Wildman–Crippen LogP) is 2.61. The van der Waals surface area contributed by atoms with Gasteiger partial charge in [-0.05, 0) is 25.8 Å². The summed E-state index contributed by atoms with van der Waals surface area (Å²) in [5.74, 6) is -2.93. The molecular weight excluding hydrogens is 236 g/mol. The predicted molar refractivity (Wildman–Crippen MR) is 61.4 cm³/mol. The average molecular weight is 256 g/mol. The van der Waals surface area contributed by atoms with E-state index in [9.17, 15) is 8.78 Å². The number of hydrogen-bond donors (Lipinski definition) is 1. The highest BCUT2D eigenvalue weighted by Crippen LogP contribution is 2.48. The van der Waals surface area contributed by atoms with Crippen LogP contribution in [0.3, 0.4) is 0 Å². The molecule has 0 aromatic carbocycles. The number of rotatable bonds is 5. The highest BCUT2D eigenvalue weighted by Gasteiger charge is 2.56. The molecule has 2 unspecified atom stereocenters. The van der Waals surface area contributed by atoms with Gasteiger partial charge < -0.3 is 10.1 Å². The first-order valence-electron chi connectivity index (χ1n) is 5.87. The number of hydrogen-bond acceptors (Lipinski definition) is 2. The maximum atomic E-state index is 12.5. The molecule has 2 atom stereocenters. The number of nitrogens with one attached hydrogen (secondary N) is 1. The fourth-order valence-electron chi connectivity index (χ4n) is 2.07. The lowest BCUT2D eigenvalue weighted by atomic mass is 10.0. The molecule has 1 heterocycles. The molecule has 2 nitrogen and oxygen atoms in total. The van der Waals surface area contributed by atoms with Gasteiger partial charge in [0.25, 0.3) is 5.92 Å². The van der Waals surface area contributed by atoms with E-state index in [1.807, 2.05) is 0 Å². The number of halogens is 3. The third kappa shape index (κ3) is 4.15. The van der Waals surface area contributed by atoms with E-state index in [1.165, 1.54) is 19.3 Å². The SMILES string of the molecule is Cl.FC1(F)CC1COCCC1CCCCN1. The van der Waals surface area contributed by atoms with Crippen LogP contribution in [0, 0.1) is 5.92 Å². The summed E-state index contributed by atoms with van der Waals surface area (Å²) >= 11 is 0. The van der Waals surface area contributed by atoms with Crippen LogP contribution in [0.15, 0.2) is 0 Å². The van der Waals surface area contributed by atoms with E-state index in [1.54, 1.807) is 0 Å². The van der Waals surface area contributed by atoms with Crippen LogP contribution < -0.4 is 5.32 Å². The zero-order valence-electron chi connectivity index (χ0n) is 9.38. The molecule has 1 N–H and O–H groups in total. The molecule has 2 aliphatic rings. The fraction of sp³-hybridized carbons (Fsp3) is 1.00. The Balaban J connectivity index is 0.00000128. The van der Waals surface area contributed by atoms with E-state index < -0.39 is 11.8 Å². The van der Waals surface area contributed by atoms with Gasteiger partial charge in [0.2, 0.25) is 0 Å². The molecule has 0 spiro atoms. The summed E-state index contributed by atoms with van der Waals surface area (Å²) in [5, 5.41) is 3.41. The number of ether oxygens (including phenoxy) is 1. The highest BCUT2D eigenvalue weighted by molar-refractivity contribution is 5.85. The molecule has 1 aliphatic carbocycles. The molecule has 1 saturated heterocycles. The largest absolute Gasteiger partial charge is 0.381 e. The molecule has 16 heavy (non-hydrogen) atoms. The van der Waals surface area contributed by atoms with Crippen LogP contribution in [0.25, 0.3) is 0 Å². The second kappa shape index (κ2) is 6.12. The van der Waals surface area contributed by atoms with Crippen molar-refractivity contribution in [2.24, 2.45) is 5.92 Å². The van der Waals surface area contributed by atoms with E-state index in [0.717, 1.165) is 13.0 Å². The summed E-state index contributed by atoms with van der Waals surface area (Å²) in [7, 11) is 0. The molecule has 5 heteroatoms. The lowest BCUT2D eigenvalue weighted by Crippen LogP contribution is -2.34. The van der Waals surface area contributed by atoms with Crippen molar-refractivity contribution in [2.45, 2.75) is 44.1 Å². The second-order valence-corrected chi connectivity index (χ2v) is 4.67. The third-order valence-electron chi connectivity index (χ3n) is 3.30. The smallest absolute Gasteiger partial charge is 0.253 e. The van der Waals surface area contributed by atoms with Crippen LogP contribution in [0.2, 0.25) is 0 Å². The van der Waals surface area contributed by atoms with Crippen LogP contribution in [0.5, 0.6) is 0 Å². The van der Waals surface area contributed by atoms with Crippen LogP contribution >= 0.6 is 12.4 Å². The van der Waals surface area contributed by atoms with Gasteiger partial charge in [-0.2, -0.15) is 0 Å². The second-order valence-electron chi connectivity index (χ2n) is 4.67. The molecule has 2 rings (SSSR count). The van der Waals surface area contributed by atoms with Gasteiger partial charge in [-0.1, -0.05) is 6.42 Å². The molecule has 0 amide bonds. The van der Waals surface area contributed by atoms with Crippen molar-refractivity contribution in [1.82, 2.24) is 5.32 Å². The Morgan fingerprint density at radius 3 is 2.62 bits per heavy atom. The van der Waals surface area contributed by atoms with E-state index >= 15 is 0 Å². The van der Waals surface area contributed by atoms with Gasteiger partial charge in [0, 0.05) is 19.1 Å². The molecule has 1 aliphatic heterocycles. The molecule has 2 fully saturated rings. The lowest BCUT2D eigenvalue weighted by molar-refractivity contribution is 0.0514. The van der Waals surface area contributed by atoms with Gasteiger partial charge in [-0.3, -0.25) is 0 Å². The summed E-state index contributed by atoms with van der Waals surface area (Å²) in [6, 6.07) is 0.540. The van der Waals surface area contributed by atoms with Crippen molar-refractivity contribution in [3.63, 3.8) is 0 Å². The first kappa shape index (κ1) is 14.1. The Hall–Kier alpha value is 0.0700. The maximum absolute atomic E-state index is 12.5. The highest BCUT2D eigenvalue weighted by atomic mass is 35.5. The third-order valence-corrected chi connectivity index (χ3v) is 3.30. The monoisotopic (exact) mass is 255 g/mol. The minimum absolute atomic E-state index is 0. The normalized spacial score (nSPS) is 31.9. The zero-order chi connectivity index (χ0) is 10.7. The van der Waals surface area contributed by atoms with E-state index in [4.69, 9.17) is 4.74 Å². The Morgan fingerprint density at radius 2 is 2.06 bits per heavy atom. The first-order chi connectivity index (χ1) is 7.18.